The van der Waals surface area contributed by atoms with Crippen molar-refractivity contribution in [1.82, 2.24) is 4.90 Å². The first kappa shape index (κ1) is 15.8. The Kier molecular flexibility index (Phi) is 5.62. The summed E-state index contributed by atoms with van der Waals surface area (Å²) in [7, 11) is 0. The van der Waals surface area contributed by atoms with E-state index in [0.717, 1.165) is 31.4 Å². The van der Waals surface area contributed by atoms with Crippen LogP contribution in [0.5, 0.6) is 5.75 Å². The first-order valence-electron chi connectivity index (χ1n) is 7.94. The van der Waals surface area contributed by atoms with Gasteiger partial charge < -0.3 is 15.7 Å². The number of phenolic OH excluding ortho intramolecular Hbond substituents is 1. The number of aromatic hydroxyl groups is 1. The molecule has 0 spiro atoms. The Labute approximate surface area is 126 Å². The first-order valence-corrected chi connectivity index (χ1v) is 7.94. The standard InChI is InChI=1S/C17H26N2O2/c1-13-12-15(20)8-9-16(13)17(21)19(11-5-10-18)14-6-3-2-4-7-14/h8-9,12,14,20H,2-7,10-11,18H2,1H3. The summed E-state index contributed by atoms with van der Waals surface area (Å²) in [6.45, 7) is 3.19. The lowest BCUT2D eigenvalue weighted by atomic mass is 9.93. The van der Waals surface area contributed by atoms with Gasteiger partial charge >= 0.3 is 0 Å². The van der Waals surface area contributed by atoms with Gasteiger partial charge in [-0.2, -0.15) is 0 Å². The van der Waals surface area contributed by atoms with E-state index in [2.05, 4.69) is 0 Å². The van der Waals surface area contributed by atoms with Gasteiger partial charge in [0.25, 0.3) is 5.91 Å². The number of carbonyl (C=O) groups excluding carboxylic acids is 1. The normalized spacial score (nSPS) is 15.9. The largest absolute Gasteiger partial charge is 0.508 e. The monoisotopic (exact) mass is 290 g/mol. The molecule has 0 bridgehead atoms. The SMILES string of the molecule is Cc1cc(O)ccc1C(=O)N(CCCN)C1CCCCC1. The maximum absolute atomic E-state index is 12.9. The molecule has 0 radical (unpaired) electrons. The molecule has 1 aliphatic rings. The highest BCUT2D eigenvalue weighted by Gasteiger charge is 2.26. The third-order valence-corrected chi connectivity index (χ3v) is 4.32. The van der Waals surface area contributed by atoms with Gasteiger partial charge in [-0.25, -0.2) is 0 Å². The van der Waals surface area contributed by atoms with Crippen molar-refractivity contribution in [3.05, 3.63) is 29.3 Å². The van der Waals surface area contributed by atoms with Crippen molar-refractivity contribution >= 4 is 5.91 Å². The predicted octanol–water partition coefficient (Wildman–Crippen LogP) is 2.82. The highest BCUT2D eigenvalue weighted by molar-refractivity contribution is 5.96. The number of amides is 1. The molecule has 1 fully saturated rings. The van der Waals surface area contributed by atoms with Crippen molar-refractivity contribution in [2.75, 3.05) is 13.1 Å². The van der Waals surface area contributed by atoms with Crippen LogP contribution in [0.3, 0.4) is 0 Å². The molecule has 21 heavy (non-hydrogen) atoms. The second-order valence-corrected chi connectivity index (χ2v) is 5.93. The highest BCUT2D eigenvalue weighted by atomic mass is 16.3. The van der Waals surface area contributed by atoms with E-state index < -0.39 is 0 Å². The van der Waals surface area contributed by atoms with Gasteiger partial charge in [-0.1, -0.05) is 19.3 Å². The van der Waals surface area contributed by atoms with Gasteiger partial charge in [0.2, 0.25) is 0 Å². The van der Waals surface area contributed by atoms with E-state index in [1.165, 1.54) is 19.3 Å². The summed E-state index contributed by atoms with van der Waals surface area (Å²) < 4.78 is 0. The molecule has 0 heterocycles. The van der Waals surface area contributed by atoms with Crippen LogP contribution in [-0.2, 0) is 0 Å². The minimum atomic E-state index is 0.0767. The van der Waals surface area contributed by atoms with Crippen LogP contribution in [0.1, 0.15) is 54.4 Å². The maximum atomic E-state index is 12.9. The maximum Gasteiger partial charge on any atom is 0.254 e. The molecule has 3 N–H and O–H groups in total. The fourth-order valence-corrected chi connectivity index (χ4v) is 3.15. The summed E-state index contributed by atoms with van der Waals surface area (Å²) in [6, 6.07) is 5.30. The number of nitrogens with zero attached hydrogens (tertiary/aromatic N) is 1. The Hall–Kier alpha value is -1.55. The summed E-state index contributed by atoms with van der Waals surface area (Å²) in [4.78, 5) is 14.9. The van der Waals surface area contributed by atoms with Gasteiger partial charge in [0.05, 0.1) is 0 Å². The van der Waals surface area contributed by atoms with Gasteiger partial charge in [0.1, 0.15) is 5.75 Å². The smallest absolute Gasteiger partial charge is 0.254 e. The molecule has 1 saturated carbocycles. The molecule has 1 aliphatic carbocycles. The predicted molar refractivity (Wildman–Crippen MR) is 84.4 cm³/mol. The van der Waals surface area contributed by atoms with Gasteiger partial charge in [-0.05, 0) is 56.5 Å². The fourth-order valence-electron chi connectivity index (χ4n) is 3.15. The Balaban J connectivity index is 2.19. The van der Waals surface area contributed by atoms with Crippen LogP contribution < -0.4 is 5.73 Å². The molecule has 0 aliphatic heterocycles. The van der Waals surface area contributed by atoms with E-state index in [0.29, 0.717) is 18.2 Å². The van der Waals surface area contributed by atoms with E-state index in [-0.39, 0.29) is 11.7 Å². The second-order valence-electron chi connectivity index (χ2n) is 5.93. The number of rotatable bonds is 5. The van der Waals surface area contributed by atoms with Crippen molar-refractivity contribution in [1.29, 1.82) is 0 Å². The highest BCUT2D eigenvalue weighted by Crippen LogP contribution is 2.25. The van der Waals surface area contributed by atoms with E-state index in [9.17, 15) is 9.90 Å². The summed E-state index contributed by atoms with van der Waals surface area (Å²) >= 11 is 0. The average Bonchev–Trinajstić information content (AvgIpc) is 2.48. The van der Waals surface area contributed by atoms with Gasteiger partial charge in [-0.15, -0.1) is 0 Å². The lowest BCUT2D eigenvalue weighted by Crippen LogP contribution is -2.42. The minimum Gasteiger partial charge on any atom is -0.508 e. The first-order chi connectivity index (χ1) is 10.1. The van der Waals surface area contributed by atoms with E-state index in [4.69, 9.17) is 5.73 Å². The molecule has 0 unspecified atom stereocenters. The van der Waals surface area contributed by atoms with Gasteiger partial charge in [0, 0.05) is 18.2 Å². The molecule has 4 heteroatoms. The number of aryl methyl sites for hydroxylation is 1. The molecule has 0 saturated heterocycles. The fraction of sp³-hybridized carbons (Fsp3) is 0.588. The zero-order chi connectivity index (χ0) is 15.2. The summed E-state index contributed by atoms with van der Waals surface area (Å²) in [5.41, 5.74) is 7.14. The number of benzene rings is 1. The van der Waals surface area contributed by atoms with Crippen molar-refractivity contribution in [2.45, 2.75) is 51.5 Å². The molecular formula is C17H26N2O2. The topological polar surface area (TPSA) is 66.6 Å². The van der Waals surface area contributed by atoms with E-state index in [1.54, 1.807) is 18.2 Å². The number of phenols is 1. The van der Waals surface area contributed by atoms with Crippen LogP contribution in [-0.4, -0.2) is 35.0 Å². The Morgan fingerprint density at radius 2 is 2.05 bits per heavy atom. The lowest BCUT2D eigenvalue weighted by molar-refractivity contribution is 0.0632. The molecule has 1 amide bonds. The van der Waals surface area contributed by atoms with Crippen LogP contribution in [0, 0.1) is 6.92 Å². The number of carbonyl (C=O) groups is 1. The zero-order valence-electron chi connectivity index (χ0n) is 12.8. The van der Waals surface area contributed by atoms with Gasteiger partial charge in [0.15, 0.2) is 0 Å². The van der Waals surface area contributed by atoms with Crippen molar-refractivity contribution < 1.29 is 9.90 Å². The molecule has 1 aromatic rings. The molecule has 116 valence electrons. The minimum absolute atomic E-state index is 0.0767. The summed E-state index contributed by atoms with van der Waals surface area (Å²) in [5, 5.41) is 9.51. The Morgan fingerprint density at radius 1 is 1.33 bits per heavy atom. The van der Waals surface area contributed by atoms with Crippen molar-refractivity contribution in [2.24, 2.45) is 5.73 Å². The third kappa shape index (κ3) is 3.97. The number of hydrogen-bond acceptors (Lipinski definition) is 3. The summed E-state index contributed by atoms with van der Waals surface area (Å²) in [6.07, 6.45) is 6.69. The average molecular weight is 290 g/mol. The van der Waals surface area contributed by atoms with Gasteiger partial charge in [-0.3, -0.25) is 4.79 Å². The zero-order valence-corrected chi connectivity index (χ0v) is 12.8. The molecule has 0 aromatic heterocycles. The summed E-state index contributed by atoms with van der Waals surface area (Å²) in [5.74, 6) is 0.281. The van der Waals surface area contributed by atoms with Crippen molar-refractivity contribution in [3.8, 4) is 5.75 Å². The van der Waals surface area contributed by atoms with Crippen LogP contribution in [0.4, 0.5) is 0 Å². The number of hydrogen-bond donors (Lipinski definition) is 2. The third-order valence-electron chi connectivity index (χ3n) is 4.32. The molecule has 4 nitrogen and oxygen atoms in total. The van der Waals surface area contributed by atoms with Crippen molar-refractivity contribution in [3.63, 3.8) is 0 Å². The number of nitrogens with two attached hydrogens (primary N) is 1. The second kappa shape index (κ2) is 7.46. The molecule has 0 atom stereocenters. The van der Waals surface area contributed by atoms with Crippen LogP contribution in [0.2, 0.25) is 0 Å². The van der Waals surface area contributed by atoms with Crippen LogP contribution in [0.25, 0.3) is 0 Å². The quantitative estimate of drug-likeness (QED) is 0.876. The molecule has 1 aromatic carbocycles. The Morgan fingerprint density at radius 3 is 2.67 bits per heavy atom. The van der Waals surface area contributed by atoms with Crippen LogP contribution in [0.15, 0.2) is 18.2 Å². The molecular weight excluding hydrogens is 264 g/mol. The van der Waals surface area contributed by atoms with E-state index >= 15 is 0 Å². The lowest BCUT2D eigenvalue weighted by Gasteiger charge is -2.35. The Bertz CT molecular complexity index is 482. The molecule has 2 rings (SSSR count). The van der Waals surface area contributed by atoms with Crippen LogP contribution >= 0.6 is 0 Å². The van der Waals surface area contributed by atoms with E-state index in [1.807, 2.05) is 11.8 Å².